The molecule has 1 saturated carbocycles. The fraction of sp³-hybridized carbons (Fsp3) is 0.500. The lowest BCUT2D eigenvalue weighted by Crippen LogP contribution is -2.33. The second-order valence-corrected chi connectivity index (χ2v) is 9.36. The molecule has 3 N–H and O–H groups in total. The summed E-state index contributed by atoms with van der Waals surface area (Å²) in [6.45, 7) is 1.71. The number of alkyl halides is 2. The largest absolute Gasteiger partial charge is 0.382 e. The van der Waals surface area contributed by atoms with Gasteiger partial charge in [0.15, 0.2) is 0 Å². The lowest BCUT2D eigenvalue weighted by molar-refractivity contribution is -0.121. The van der Waals surface area contributed by atoms with Crippen LogP contribution in [0.5, 0.6) is 0 Å². The Bertz CT molecular complexity index is 1160. The van der Waals surface area contributed by atoms with E-state index in [0.29, 0.717) is 21.0 Å². The maximum Gasteiger partial charge on any atom is 0.325 e. The maximum atomic E-state index is 15.7. The number of aliphatic hydroxyl groups is 1. The molecule has 2 heterocycles. The quantitative estimate of drug-likeness (QED) is 0.687. The minimum absolute atomic E-state index is 0.0831. The number of halogens is 3. The number of fused-ring (bicyclic) bond motifs is 2. The molecule has 0 aliphatic heterocycles. The van der Waals surface area contributed by atoms with Crippen LogP contribution in [-0.4, -0.2) is 21.0 Å². The van der Waals surface area contributed by atoms with Crippen molar-refractivity contribution in [3.63, 3.8) is 0 Å². The van der Waals surface area contributed by atoms with Gasteiger partial charge >= 0.3 is 5.69 Å². The van der Waals surface area contributed by atoms with E-state index < -0.39 is 47.4 Å². The van der Waals surface area contributed by atoms with E-state index in [1.807, 2.05) is 0 Å². The highest BCUT2D eigenvalue weighted by Gasteiger charge is 2.47. The molecular weight excluding hydrogens is 405 g/mol. The summed E-state index contributed by atoms with van der Waals surface area (Å²) in [4.78, 5) is 30.3. The van der Waals surface area contributed by atoms with E-state index in [4.69, 9.17) is 0 Å². The summed E-state index contributed by atoms with van der Waals surface area (Å²) >= 11 is 1.23. The number of aromatic nitrogens is 2. The van der Waals surface area contributed by atoms with Crippen LogP contribution in [0.15, 0.2) is 21.5 Å². The second kappa shape index (κ2) is 6.18. The number of allylic oxidation sites excluding steroid dienone is 2. The molecule has 0 saturated heterocycles. The summed E-state index contributed by atoms with van der Waals surface area (Å²) in [6.07, 6.45) is -0.709. The molecule has 0 bridgehead atoms. The van der Waals surface area contributed by atoms with Crippen molar-refractivity contribution in [1.82, 2.24) is 9.97 Å². The average molecular weight is 424 g/mol. The molecule has 9 heteroatoms. The smallest absolute Gasteiger partial charge is 0.325 e. The number of rotatable bonds is 2. The van der Waals surface area contributed by atoms with Crippen LogP contribution in [0.1, 0.15) is 70.7 Å². The Labute approximate surface area is 167 Å². The van der Waals surface area contributed by atoms with Gasteiger partial charge in [-0.15, -0.1) is 11.3 Å². The van der Waals surface area contributed by atoms with Crippen molar-refractivity contribution < 1.29 is 18.3 Å². The second-order valence-electron chi connectivity index (χ2n) is 8.19. The van der Waals surface area contributed by atoms with Crippen LogP contribution in [0.4, 0.5) is 13.2 Å². The Hall–Kier alpha value is -2.13. The molecule has 0 radical (unpaired) electrons. The van der Waals surface area contributed by atoms with Gasteiger partial charge in [-0.25, -0.2) is 18.0 Å². The summed E-state index contributed by atoms with van der Waals surface area (Å²) in [5, 5.41) is 10.1. The highest BCUT2D eigenvalue weighted by Crippen LogP contribution is 2.55. The third kappa shape index (κ3) is 2.78. The first kappa shape index (κ1) is 18.9. The molecule has 0 spiro atoms. The van der Waals surface area contributed by atoms with Gasteiger partial charge in [-0.3, -0.25) is 9.78 Å². The highest BCUT2D eigenvalue weighted by atomic mass is 32.1. The molecule has 0 aromatic carbocycles. The van der Waals surface area contributed by atoms with E-state index in [1.165, 1.54) is 17.4 Å². The molecule has 2 aromatic heterocycles. The van der Waals surface area contributed by atoms with E-state index in [0.717, 1.165) is 12.8 Å². The zero-order valence-electron chi connectivity index (χ0n) is 15.5. The Morgan fingerprint density at radius 2 is 1.97 bits per heavy atom. The SMILES string of the molecule is CC1c2[nH]c(=O)[nH]c(=O)c2C(C2CC2)=C(F)C1c1cc2c(s1)CCC(F)(F)C2O. The normalized spacial score (nSPS) is 28.2. The van der Waals surface area contributed by atoms with E-state index in [-0.39, 0.29) is 23.5 Å². The standard InChI is InChI=1S/C20H19F3N2O3S/c1-7-12(11-6-9-10(29-11)4-5-20(22,23)17(9)26)15(21)13(8-2-3-8)14-16(7)24-19(28)25-18(14)27/h6-8,12,17,26H,2-5H2,1H3,(H2,24,25,27,28). The van der Waals surface area contributed by atoms with Crippen molar-refractivity contribution in [3.8, 4) is 0 Å². The Kier molecular flexibility index (Phi) is 4.02. The first-order chi connectivity index (χ1) is 13.7. The number of thiophene rings is 1. The van der Waals surface area contributed by atoms with Crippen LogP contribution in [0.25, 0.3) is 5.57 Å². The monoisotopic (exact) mass is 424 g/mol. The van der Waals surface area contributed by atoms with Crippen molar-refractivity contribution >= 4 is 16.9 Å². The zero-order valence-corrected chi connectivity index (χ0v) is 16.3. The number of aryl methyl sites for hydroxylation is 1. The third-order valence-corrected chi connectivity index (χ3v) is 7.55. The van der Waals surface area contributed by atoms with Crippen molar-refractivity contribution in [2.45, 2.75) is 56.5 Å². The molecule has 0 amide bonds. The minimum atomic E-state index is -3.21. The Balaban J connectivity index is 1.68. The molecule has 3 aliphatic rings. The van der Waals surface area contributed by atoms with Gasteiger partial charge in [-0.05, 0) is 31.2 Å². The summed E-state index contributed by atoms with van der Waals surface area (Å²) in [6, 6.07) is 1.47. The van der Waals surface area contributed by atoms with Crippen molar-refractivity contribution in [2.75, 3.05) is 0 Å². The zero-order chi connectivity index (χ0) is 20.7. The predicted octanol–water partition coefficient (Wildman–Crippen LogP) is 3.73. The fourth-order valence-corrected chi connectivity index (χ4v) is 6.01. The van der Waals surface area contributed by atoms with Gasteiger partial charge in [0.1, 0.15) is 11.9 Å². The molecule has 5 rings (SSSR count). The summed E-state index contributed by atoms with van der Waals surface area (Å²) < 4.78 is 43.6. The number of hydrogen-bond acceptors (Lipinski definition) is 4. The number of aliphatic hydroxyl groups excluding tert-OH is 1. The molecule has 3 unspecified atom stereocenters. The van der Waals surface area contributed by atoms with Crippen LogP contribution in [0, 0.1) is 5.92 Å². The lowest BCUT2D eigenvalue weighted by atomic mass is 9.77. The van der Waals surface area contributed by atoms with Crippen LogP contribution < -0.4 is 11.2 Å². The molecular formula is C20H19F3N2O3S. The van der Waals surface area contributed by atoms with Crippen LogP contribution in [-0.2, 0) is 6.42 Å². The molecule has 3 aliphatic carbocycles. The number of hydrogen-bond donors (Lipinski definition) is 3. The van der Waals surface area contributed by atoms with Crippen molar-refractivity contribution in [3.05, 3.63) is 59.3 Å². The Morgan fingerprint density at radius 3 is 2.66 bits per heavy atom. The lowest BCUT2D eigenvalue weighted by Gasteiger charge is -2.30. The molecule has 1 fully saturated rings. The Morgan fingerprint density at radius 1 is 1.24 bits per heavy atom. The topological polar surface area (TPSA) is 86.0 Å². The number of H-pyrrole nitrogens is 2. The highest BCUT2D eigenvalue weighted by molar-refractivity contribution is 7.12. The third-order valence-electron chi connectivity index (χ3n) is 6.26. The van der Waals surface area contributed by atoms with E-state index >= 15 is 4.39 Å². The van der Waals surface area contributed by atoms with Gasteiger partial charge in [-0.2, -0.15) is 0 Å². The van der Waals surface area contributed by atoms with Crippen molar-refractivity contribution in [1.29, 1.82) is 0 Å². The van der Waals surface area contributed by atoms with Gasteiger partial charge in [-0.1, -0.05) is 6.92 Å². The molecule has 29 heavy (non-hydrogen) atoms. The molecule has 154 valence electrons. The van der Waals surface area contributed by atoms with Gasteiger partial charge in [0.25, 0.3) is 11.5 Å². The molecule has 2 aromatic rings. The molecule has 3 atom stereocenters. The van der Waals surface area contributed by atoms with Crippen LogP contribution >= 0.6 is 11.3 Å². The van der Waals surface area contributed by atoms with Crippen molar-refractivity contribution in [2.24, 2.45) is 5.92 Å². The van der Waals surface area contributed by atoms with Crippen LogP contribution in [0.2, 0.25) is 0 Å². The van der Waals surface area contributed by atoms with E-state index in [9.17, 15) is 23.5 Å². The van der Waals surface area contributed by atoms with Gasteiger partial charge in [0.05, 0.1) is 11.5 Å². The van der Waals surface area contributed by atoms with Gasteiger partial charge < -0.3 is 10.1 Å². The van der Waals surface area contributed by atoms with Crippen LogP contribution in [0.3, 0.4) is 0 Å². The minimum Gasteiger partial charge on any atom is -0.382 e. The van der Waals surface area contributed by atoms with E-state index in [1.54, 1.807) is 6.92 Å². The predicted molar refractivity (Wildman–Crippen MR) is 102 cm³/mol. The van der Waals surface area contributed by atoms with E-state index in [2.05, 4.69) is 9.97 Å². The summed E-state index contributed by atoms with van der Waals surface area (Å²) in [5.41, 5.74) is -0.216. The fourth-order valence-electron chi connectivity index (χ4n) is 4.62. The molecule has 5 nitrogen and oxygen atoms in total. The first-order valence-electron chi connectivity index (χ1n) is 9.64. The number of aromatic amines is 2. The van der Waals surface area contributed by atoms with Gasteiger partial charge in [0, 0.05) is 38.9 Å². The average Bonchev–Trinajstić information content (AvgIpc) is 3.39. The summed E-state index contributed by atoms with van der Waals surface area (Å²) in [5.74, 6) is -5.07. The van der Waals surface area contributed by atoms with Gasteiger partial charge in [0.2, 0.25) is 0 Å². The maximum absolute atomic E-state index is 15.7. The summed E-state index contributed by atoms with van der Waals surface area (Å²) in [7, 11) is 0. The first-order valence-corrected chi connectivity index (χ1v) is 10.5. The number of nitrogens with one attached hydrogen (secondary N) is 2.